The highest BCUT2D eigenvalue weighted by atomic mass is 35.5. The van der Waals surface area contributed by atoms with Gasteiger partial charge in [0, 0.05) is 24.7 Å². The molecule has 0 spiro atoms. The molecule has 0 saturated carbocycles. The lowest BCUT2D eigenvalue weighted by atomic mass is 9.89. The average molecular weight is 498 g/mol. The first-order valence-electron chi connectivity index (χ1n) is 11.2. The molecule has 2 aromatic carbocycles. The van der Waals surface area contributed by atoms with Crippen LogP contribution in [-0.2, 0) is 0 Å². The molecule has 0 aliphatic carbocycles. The van der Waals surface area contributed by atoms with Crippen LogP contribution < -0.4 is 20.5 Å². The van der Waals surface area contributed by atoms with Gasteiger partial charge < -0.3 is 15.0 Å². The Kier molecular flexibility index (Phi) is 6.17. The molecule has 1 aromatic heterocycles. The number of nitrogens with zero attached hydrogens (tertiary/aromatic N) is 4. The standard InChI is InChI=1S/C25H22ClF2N5O2/c1-35-21-5-4-18(9-20(21)28)33-23(14-2-3-15(10-29)19(27)8-14)31-24(22(26)25(33)34)32-7-6-16-11-30-12-17(16)13-32/h2-5,8-9,16-17,30H,6-7,11-13H2,1H3. The van der Waals surface area contributed by atoms with E-state index in [4.69, 9.17) is 26.6 Å². The summed E-state index contributed by atoms with van der Waals surface area (Å²) in [5, 5.41) is 12.4. The van der Waals surface area contributed by atoms with E-state index >= 15 is 0 Å². The molecule has 2 aliphatic rings. The normalized spacial score (nSPS) is 19.3. The van der Waals surface area contributed by atoms with Crippen molar-refractivity contribution in [2.45, 2.75) is 6.42 Å². The number of halogens is 3. The number of nitriles is 1. The van der Waals surface area contributed by atoms with Crippen molar-refractivity contribution in [3.8, 4) is 28.9 Å². The molecule has 2 fully saturated rings. The first kappa shape index (κ1) is 23.3. The van der Waals surface area contributed by atoms with Crippen molar-refractivity contribution >= 4 is 17.4 Å². The maximum absolute atomic E-state index is 14.6. The minimum atomic E-state index is -0.749. The summed E-state index contributed by atoms with van der Waals surface area (Å²) in [5.74, 6) is -0.0289. The number of anilines is 1. The molecule has 0 radical (unpaired) electrons. The first-order valence-corrected chi connectivity index (χ1v) is 11.6. The predicted molar refractivity (Wildman–Crippen MR) is 128 cm³/mol. The van der Waals surface area contributed by atoms with E-state index in [0.29, 0.717) is 30.7 Å². The minimum Gasteiger partial charge on any atom is -0.494 e. The highest BCUT2D eigenvalue weighted by molar-refractivity contribution is 6.32. The number of hydrogen-bond donors (Lipinski definition) is 1. The monoisotopic (exact) mass is 497 g/mol. The molecule has 3 aromatic rings. The van der Waals surface area contributed by atoms with Crippen LogP contribution in [0.1, 0.15) is 12.0 Å². The zero-order chi connectivity index (χ0) is 24.7. The van der Waals surface area contributed by atoms with E-state index in [2.05, 4.69) is 5.32 Å². The summed E-state index contributed by atoms with van der Waals surface area (Å²) in [7, 11) is 1.34. The number of benzene rings is 2. The average Bonchev–Trinajstić information content (AvgIpc) is 3.33. The van der Waals surface area contributed by atoms with Gasteiger partial charge in [0.15, 0.2) is 17.4 Å². The summed E-state index contributed by atoms with van der Waals surface area (Å²) in [6.07, 6.45) is 0.934. The molecule has 0 amide bonds. The molecule has 35 heavy (non-hydrogen) atoms. The lowest BCUT2D eigenvalue weighted by Gasteiger charge is -2.35. The van der Waals surface area contributed by atoms with Crippen LogP contribution in [0.4, 0.5) is 14.6 Å². The Hall–Kier alpha value is -3.48. The molecule has 10 heteroatoms. The maximum Gasteiger partial charge on any atom is 0.279 e. The van der Waals surface area contributed by atoms with Gasteiger partial charge in [0.1, 0.15) is 22.7 Å². The summed E-state index contributed by atoms with van der Waals surface area (Å²) in [5.41, 5.74) is -0.325. The van der Waals surface area contributed by atoms with Gasteiger partial charge in [-0.05, 0) is 61.7 Å². The Morgan fingerprint density at radius 2 is 1.97 bits per heavy atom. The van der Waals surface area contributed by atoms with E-state index in [1.165, 1.54) is 31.4 Å². The Morgan fingerprint density at radius 1 is 1.17 bits per heavy atom. The van der Waals surface area contributed by atoms with Crippen molar-refractivity contribution in [1.29, 1.82) is 5.26 Å². The second-order valence-electron chi connectivity index (χ2n) is 8.75. The molecule has 7 nitrogen and oxygen atoms in total. The van der Waals surface area contributed by atoms with Crippen LogP contribution >= 0.6 is 11.6 Å². The number of hydrogen-bond acceptors (Lipinski definition) is 6. The maximum atomic E-state index is 14.6. The van der Waals surface area contributed by atoms with Crippen LogP contribution in [0, 0.1) is 34.8 Å². The van der Waals surface area contributed by atoms with Crippen molar-refractivity contribution < 1.29 is 13.5 Å². The van der Waals surface area contributed by atoms with Crippen LogP contribution in [0.5, 0.6) is 5.75 Å². The Bertz CT molecular complexity index is 1400. The lowest BCUT2D eigenvalue weighted by molar-refractivity contribution is 0.347. The van der Waals surface area contributed by atoms with Crippen molar-refractivity contribution in [1.82, 2.24) is 14.9 Å². The third kappa shape index (κ3) is 4.13. The highest BCUT2D eigenvalue weighted by Crippen LogP contribution is 2.34. The second-order valence-corrected chi connectivity index (χ2v) is 9.13. The number of nitrogens with one attached hydrogen (secondary N) is 1. The van der Waals surface area contributed by atoms with Gasteiger partial charge in [0.25, 0.3) is 5.56 Å². The van der Waals surface area contributed by atoms with Crippen LogP contribution in [0.25, 0.3) is 17.1 Å². The van der Waals surface area contributed by atoms with Crippen LogP contribution in [-0.4, -0.2) is 42.8 Å². The third-order valence-corrected chi connectivity index (χ3v) is 7.09. The second kappa shape index (κ2) is 9.29. The van der Waals surface area contributed by atoms with Crippen LogP contribution in [0.15, 0.2) is 41.2 Å². The van der Waals surface area contributed by atoms with E-state index in [9.17, 15) is 13.6 Å². The molecule has 2 atom stereocenters. The SMILES string of the molecule is COc1ccc(-n2c(-c3ccc(C#N)c(F)c3)nc(N3CCC4CNCC4C3)c(Cl)c2=O)cc1F. The van der Waals surface area contributed by atoms with Crippen molar-refractivity contribution in [2.24, 2.45) is 11.8 Å². The largest absolute Gasteiger partial charge is 0.494 e. The summed E-state index contributed by atoms with van der Waals surface area (Å²) in [6, 6.07) is 9.77. The summed E-state index contributed by atoms with van der Waals surface area (Å²) < 4.78 is 35.2. The Balaban J connectivity index is 1.70. The number of rotatable bonds is 4. The van der Waals surface area contributed by atoms with Crippen molar-refractivity contribution in [3.63, 3.8) is 0 Å². The molecular weight excluding hydrogens is 476 g/mol. The van der Waals surface area contributed by atoms with Gasteiger partial charge in [0.2, 0.25) is 0 Å². The number of ether oxygens (including phenoxy) is 1. The molecule has 180 valence electrons. The number of aromatic nitrogens is 2. The summed E-state index contributed by atoms with van der Waals surface area (Å²) >= 11 is 6.57. The summed E-state index contributed by atoms with van der Waals surface area (Å²) in [6.45, 7) is 3.22. The van der Waals surface area contributed by atoms with Gasteiger partial charge in [-0.3, -0.25) is 9.36 Å². The van der Waals surface area contributed by atoms with E-state index in [-0.39, 0.29) is 33.4 Å². The first-order chi connectivity index (χ1) is 16.9. The predicted octanol–water partition coefficient (Wildman–Crippen LogP) is 3.76. The Morgan fingerprint density at radius 3 is 2.69 bits per heavy atom. The molecule has 0 bridgehead atoms. The third-order valence-electron chi connectivity index (χ3n) is 6.76. The van der Waals surface area contributed by atoms with Gasteiger partial charge in [-0.15, -0.1) is 0 Å². The fraction of sp³-hybridized carbons (Fsp3) is 0.320. The van der Waals surface area contributed by atoms with E-state index in [1.54, 1.807) is 6.07 Å². The summed E-state index contributed by atoms with van der Waals surface area (Å²) in [4.78, 5) is 20.3. The van der Waals surface area contributed by atoms with Gasteiger partial charge in [0.05, 0.1) is 18.4 Å². The van der Waals surface area contributed by atoms with E-state index in [0.717, 1.165) is 36.2 Å². The number of piperidine rings is 1. The van der Waals surface area contributed by atoms with E-state index < -0.39 is 17.2 Å². The zero-order valence-corrected chi connectivity index (χ0v) is 19.6. The molecule has 2 aliphatic heterocycles. The number of methoxy groups -OCH3 is 1. The molecule has 2 unspecified atom stereocenters. The quantitative estimate of drug-likeness (QED) is 0.591. The van der Waals surface area contributed by atoms with Gasteiger partial charge in [-0.25, -0.2) is 13.8 Å². The zero-order valence-electron chi connectivity index (χ0n) is 18.9. The van der Waals surface area contributed by atoms with Crippen molar-refractivity contribution in [2.75, 3.05) is 38.2 Å². The van der Waals surface area contributed by atoms with Gasteiger partial charge in [-0.1, -0.05) is 11.6 Å². The fourth-order valence-electron chi connectivity index (χ4n) is 4.90. The van der Waals surface area contributed by atoms with Crippen LogP contribution in [0.3, 0.4) is 0 Å². The van der Waals surface area contributed by atoms with E-state index in [1.807, 2.05) is 4.90 Å². The molecule has 5 rings (SSSR count). The smallest absolute Gasteiger partial charge is 0.279 e. The van der Waals surface area contributed by atoms with Gasteiger partial charge >= 0.3 is 0 Å². The van der Waals surface area contributed by atoms with Gasteiger partial charge in [-0.2, -0.15) is 5.26 Å². The minimum absolute atomic E-state index is 0.0106. The number of fused-ring (bicyclic) bond motifs is 1. The molecule has 2 saturated heterocycles. The molecule has 1 N–H and O–H groups in total. The fourth-order valence-corrected chi connectivity index (χ4v) is 5.14. The highest BCUT2D eigenvalue weighted by Gasteiger charge is 2.35. The lowest BCUT2D eigenvalue weighted by Crippen LogP contribution is -2.41. The topological polar surface area (TPSA) is 83.2 Å². The molecule has 3 heterocycles. The Labute approximate surface area is 205 Å². The van der Waals surface area contributed by atoms with Crippen LogP contribution in [0.2, 0.25) is 5.02 Å². The van der Waals surface area contributed by atoms with Crippen molar-refractivity contribution in [3.05, 3.63) is 69.0 Å². The molecular formula is C25H22ClF2N5O2.